The Balaban J connectivity index is 3.45. The minimum Gasteiger partial charge on any atom is -0.303 e. The lowest BCUT2D eigenvalue weighted by Crippen LogP contribution is -2.20. The number of phosphoric ester groups is 1. The summed E-state index contributed by atoms with van der Waals surface area (Å²) in [7, 11) is -7.74. The van der Waals surface area contributed by atoms with Crippen LogP contribution >= 0.6 is 7.82 Å². The van der Waals surface area contributed by atoms with E-state index >= 15 is 0 Å². The predicted molar refractivity (Wildman–Crippen MR) is 125 cm³/mol. The van der Waals surface area contributed by atoms with Gasteiger partial charge in [-0.3, -0.25) is 4.52 Å². The molecule has 6 nitrogen and oxygen atoms in total. The lowest BCUT2D eigenvalue weighted by Gasteiger charge is -2.13. The summed E-state index contributed by atoms with van der Waals surface area (Å²) >= 11 is 0. The summed E-state index contributed by atoms with van der Waals surface area (Å²) in [6.45, 7) is 3.63. The maximum atomic E-state index is 12.1. The van der Waals surface area contributed by atoms with E-state index in [9.17, 15) is 13.0 Å². The molecule has 0 rings (SSSR count). The molecule has 0 aromatic carbocycles. The fourth-order valence-corrected chi connectivity index (χ4v) is 5.88. The van der Waals surface area contributed by atoms with Crippen molar-refractivity contribution >= 4 is 17.7 Å². The second-order valence-corrected chi connectivity index (χ2v) is 12.3. The summed E-state index contributed by atoms with van der Waals surface area (Å²) in [5, 5.41) is 0. The van der Waals surface area contributed by atoms with Crippen LogP contribution in [0.4, 0.5) is 0 Å². The van der Waals surface area contributed by atoms with Gasteiger partial charge >= 0.3 is 7.82 Å². The highest BCUT2D eigenvalue weighted by molar-refractivity contribution is 7.91. The van der Waals surface area contributed by atoms with Crippen molar-refractivity contribution < 1.29 is 27.3 Å². The van der Waals surface area contributed by atoms with Gasteiger partial charge in [0.1, 0.15) is 0 Å². The minimum absolute atomic E-state index is 0.0915. The van der Waals surface area contributed by atoms with E-state index in [1.807, 2.05) is 0 Å². The maximum absolute atomic E-state index is 12.1. The molecule has 1 unspecified atom stereocenters. The van der Waals surface area contributed by atoms with Crippen LogP contribution in [0.5, 0.6) is 0 Å². The molecule has 0 spiro atoms. The highest BCUT2D eigenvalue weighted by Crippen LogP contribution is 2.36. The first-order valence-electron chi connectivity index (χ1n) is 12.1. The molecule has 0 aliphatic heterocycles. The smallest absolute Gasteiger partial charge is 0.303 e. The molecule has 0 aliphatic carbocycles. The van der Waals surface area contributed by atoms with Crippen LogP contribution in [-0.2, 0) is 18.9 Å². The molecule has 0 saturated carbocycles. The monoisotopic (exact) mass is 470 g/mol. The summed E-state index contributed by atoms with van der Waals surface area (Å²) in [4.78, 5) is 17.3. The molecule has 0 aromatic rings. The Morgan fingerprint density at radius 3 is 1.47 bits per heavy atom. The molecular formula is C22H47O6PS. The van der Waals surface area contributed by atoms with Crippen molar-refractivity contribution in [2.75, 3.05) is 18.1 Å². The van der Waals surface area contributed by atoms with E-state index in [1.165, 1.54) is 83.5 Å². The van der Waals surface area contributed by atoms with Crippen molar-refractivity contribution in [2.24, 2.45) is 5.92 Å². The Hall–Kier alpha value is 0.0600. The zero-order chi connectivity index (χ0) is 22.7. The van der Waals surface area contributed by atoms with Gasteiger partial charge in [0.25, 0.3) is 0 Å². The first-order chi connectivity index (χ1) is 14.2. The average Bonchev–Trinajstić information content (AvgIpc) is 2.65. The van der Waals surface area contributed by atoms with Gasteiger partial charge < -0.3 is 9.79 Å². The fraction of sp³-hybridized carbons (Fsp3) is 1.00. The molecule has 0 heterocycles. The van der Waals surface area contributed by atoms with Gasteiger partial charge in [0.15, 0.2) is 9.84 Å². The van der Waals surface area contributed by atoms with Crippen LogP contribution in [0.25, 0.3) is 0 Å². The van der Waals surface area contributed by atoms with Crippen molar-refractivity contribution in [3.05, 3.63) is 0 Å². The quantitative estimate of drug-likeness (QED) is 0.140. The van der Waals surface area contributed by atoms with Crippen LogP contribution in [0.15, 0.2) is 0 Å². The third kappa shape index (κ3) is 22.7. The number of sulfone groups is 1. The second kappa shape index (κ2) is 18.6. The van der Waals surface area contributed by atoms with E-state index in [0.717, 1.165) is 12.8 Å². The fourth-order valence-electron chi connectivity index (χ4n) is 3.66. The van der Waals surface area contributed by atoms with Crippen LogP contribution in [0.3, 0.4) is 0 Å². The van der Waals surface area contributed by atoms with Crippen LogP contribution in [0.2, 0.25) is 0 Å². The third-order valence-electron chi connectivity index (χ3n) is 5.37. The van der Waals surface area contributed by atoms with Gasteiger partial charge in [0, 0.05) is 0 Å². The molecule has 8 heteroatoms. The lowest BCUT2D eigenvalue weighted by molar-refractivity contribution is 0.178. The topological polar surface area (TPSA) is 101 Å². The minimum atomic E-state index is -4.53. The largest absolute Gasteiger partial charge is 0.469 e. The molecule has 0 aliphatic rings. The molecule has 0 amide bonds. The second-order valence-electron chi connectivity index (χ2n) is 8.81. The van der Waals surface area contributed by atoms with Gasteiger partial charge in [0.2, 0.25) is 0 Å². The Morgan fingerprint density at radius 1 is 0.733 bits per heavy atom. The molecule has 2 N–H and O–H groups in total. The number of hydrogen-bond acceptors (Lipinski definition) is 4. The van der Waals surface area contributed by atoms with Gasteiger partial charge in [0.05, 0.1) is 18.1 Å². The van der Waals surface area contributed by atoms with Crippen LogP contribution in [0, 0.1) is 5.92 Å². The van der Waals surface area contributed by atoms with Crippen molar-refractivity contribution in [1.82, 2.24) is 0 Å². The maximum Gasteiger partial charge on any atom is 0.469 e. The molecular weight excluding hydrogens is 423 g/mol. The van der Waals surface area contributed by atoms with Crippen molar-refractivity contribution in [2.45, 2.75) is 117 Å². The lowest BCUT2D eigenvalue weighted by atomic mass is 10.0. The number of unbranched alkanes of at least 4 members (excludes halogenated alkanes) is 15. The van der Waals surface area contributed by atoms with E-state index in [4.69, 9.17) is 9.79 Å². The highest BCUT2D eigenvalue weighted by Gasteiger charge is 2.20. The molecule has 1 atom stereocenters. The normalized spacial score (nSPS) is 13.6. The van der Waals surface area contributed by atoms with Gasteiger partial charge in [-0.05, 0) is 12.3 Å². The van der Waals surface area contributed by atoms with E-state index in [0.29, 0.717) is 6.42 Å². The first kappa shape index (κ1) is 30.1. The van der Waals surface area contributed by atoms with Gasteiger partial charge in [-0.25, -0.2) is 13.0 Å². The van der Waals surface area contributed by atoms with Crippen molar-refractivity contribution in [3.8, 4) is 0 Å². The number of hydrogen-bond donors (Lipinski definition) is 2. The zero-order valence-electron chi connectivity index (χ0n) is 19.4. The Bertz CT molecular complexity index is 532. The Kier molecular flexibility index (Phi) is 18.7. The average molecular weight is 471 g/mol. The summed E-state index contributed by atoms with van der Waals surface area (Å²) in [6, 6.07) is 0. The predicted octanol–water partition coefficient (Wildman–Crippen LogP) is 6.41. The zero-order valence-corrected chi connectivity index (χ0v) is 21.1. The van der Waals surface area contributed by atoms with Crippen molar-refractivity contribution in [1.29, 1.82) is 0 Å². The van der Waals surface area contributed by atoms with E-state index in [1.54, 1.807) is 6.92 Å². The van der Waals surface area contributed by atoms with Crippen LogP contribution in [-0.4, -0.2) is 36.3 Å². The van der Waals surface area contributed by atoms with Crippen LogP contribution < -0.4 is 0 Å². The summed E-state index contributed by atoms with van der Waals surface area (Å²) in [5.74, 6) is -0.374. The molecule has 182 valence electrons. The Labute approximate surface area is 185 Å². The molecule has 0 fully saturated rings. The summed E-state index contributed by atoms with van der Waals surface area (Å²) < 4.78 is 39.2. The molecule has 0 radical (unpaired) electrons. The number of rotatable bonds is 22. The summed E-state index contributed by atoms with van der Waals surface area (Å²) in [6.07, 6.45) is 20.0. The van der Waals surface area contributed by atoms with Gasteiger partial charge in [-0.1, -0.05) is 110 Å². The third-order valence-corrected chi connectivity index (χ3v) is 7.85. The SMILES string of the molecule is CCCCCCCCCCCCCCCCCCS(=O)(=O)CC(C)COP(=O)(O)O. The standard InChI is InChI=1S/C22H47O6PS/c1-3-4-5-6-7-8-9-10-11-12-13-14-15-16-17-18-19-30(26,27)21-22(2)20-28-29(23,24)25/h22H,3-21H2,1-2H3,(H2,23,24,25). The first-order valence-corrected chi connectivity index (χ1v) is 15.4. The van der Waals surface area contributed by atoms with Gasteiger partial charge in [-0.2, -0.15) is 0 Å². The Morgan fingerprint density at radius 2 is 1.10 bits per heavy atom. The molecule has 0 bridgehead atoms. The van der Waals surface area contributed by atoms with E-state index < -0.39 is 23.6 Å². The van der Waals surface area contributed by atoms with Gasteiger partial charge in [-0.15, -0.1) is 0 Å². The van der Waals surface area contributed by atoms with E-state index in [-0.39, 0.29) is 18.1 Å². The summed E-state index contributed by atoms with van der Waals surface area (Å²) in [5.41, 5.74) is 0. The van der Waals surface area contributed by atoms with Crippen molar-refractivity contribution in [3.63, 3.8) is 0 Å². The molecule has 0 saturated heterocycles. The van der Waals surface area contributed by atoms with Crippen LogP contribution in [0.1, 0.15) is 117 Å². The number of phosphoric acid groups is 1. The van der Waals surface area contributed by atoms with E-state index in [2.05, 4.69) is 11.4 Å². The molecule has 0 aromatic heterocycles. The highest BCUT2D eigenvalue weighted by atomic mass is 32.2. The molecule has 30 heavy (non-hydrogen) atoms.